The zero-order valence-corrected chi connectivity index (χ0v) is 27.1. The first kappa shape index (κ1) is 32.8. The van der Waals surface area contributed by atoms with Crippen LogP contribution in [0.5, 0.6) is 5.75 Å². The number of benzene rings is 3. The van der Waals surface area contributed by atoms with Crippen LogP contribution in [0.3, 0.4) is 0 Å². The summed E-state index contributed by atoms with van der Waals surface area (Å²) in [4.78, 5) is 29.0. The summed E-state index contributed by atoms with van der Waals surface area (Å²) in [7, 11) is -2.31. The molecule has 2 amide bonds. The summed E-state index contributed by atoms with van der Waals surface area (Å²) < 4.78 is 65.3. The molecule has 4 aromatic rings. The lowest BCUT2D eigenvalue weighted by molar-refractivity contribution is 0.0428. The van der Waals surface area contributed by atoms with Crippen molar-refractivity contribution in [1.82, 2.24) is 14.1 Å². The first-order valence-corrected chi connectivity index (χ1v) is 16.8. The molecule has 1 N–H and O–H groups in total. The highest BCUT2D eigenvalue weighted by Gasteiger charge is 2.50. The number of alkyl halides is 2. The molecule has 3 aromatic carbocycles. The number of hydrogen-bond acceptors (Lipinski definition) is 7. The van der Waals surface area contributed by atoms with Gasteiger partial charge >= 0.3 is 0 Å². The standard InChI is InChI=1S/C34H32F2N6O5S/c1-21(2)20-48(45,46)40-18-28-29(19-40)42-31(27(17-38-42)39-32(43)22-9-14-30(47-3)23(15-22)16-37)33(44)41(28)26-12-10-25(11-13-26)34(35,36)24-7-5-4-6-8-24/h4-15,17,21,28-29H,18-20H2,1-3H3,(H,39,43)/t28-,29-/m0/s1. The molecule has 1 saturated heterocycles. The van der Waals surface area contributed by atoms with Crippen LogP contribution in [0, 0.1) is 17.2 Å². The molecule has 1 aromatic heterocycles. The van der Waals surface area contributed by atoms with Crippen LogP contribution >= 0.6 is 0 Å². The van der Waals surface area contributed by atoms with Crippen LogP contribution in [0.4, 0.5) is 20.2 Å². The van der Waals surface area contributed by atoms with Gasteiger partial charge in [0.1, 0.15) is 11.8 Å². The van der Waals surface area contributed by atoms with Crippen molar-refractivity contribution >= 4 is 33.2 Å². The van der Waals surface area contributed by atoms with Gasteiger partial charge in [-0.15, -0.1) is 0 Å². The predicted molar refractivity (Wildman–Crippen MR) is 174 cm³/mol. The Morgan fingerprint density at radius 3 is 2.38 bits per heavy atom. The maximum Gasteiger partial charge on any atom is 0.298 e. The molecule has 0 saturated carbocycles. The molecule has 0 spiro atoms. The first-order valence-electron chi connectivity index (χ1n) is 15.2. The van der Waals surface area contributed by atoms with E-state index in [9.17, 15) is 23.3 Å². The van der Waals surface area contributed by atoms with E-state index in [4.69, 9.17) is 4.74 Å². The van der Waals surface area contributed by atoms with Crippen molar-refractivity contribution in [3.8, 4) is 11.8 Å². The SMILES string of the molecule is COc1ccc(C(=O)Nc2cnn3c2C(=O)N(c2ccc(C(F)(F)c4ccccc4)cc2)[C@H]2CN(S(=O)(=O)CC(C)C)C[C@@H]23)cc1C#N. The lowest BCUT2D eigenvalue weighted by atomic mass is 9.99. The van der Waals surface area contributed by atoms with Gasteiger partial charge in [0.05, 0.1) is 42.4 Å². The van der Waals surface area contributed by atoms with E-state index < -0.39 is 39.8 Å². The number of carbonyl (C=O) groups is 2. The number of nitrogens with zero attached hydrogens (tertiary/aromatic N) is 5. The molecule has 2 aliphatic heterocycles. The monoisotopic (exact) mass is 674 g/mol. The summed E-state index contributed by atoms with van der Waals surface area (Å²) in [6.45, 7) is 3.58. The van der Waals surface area contributed by atoms with E-state index >= 15 is 8.78 Å². The number of ether oxygens (including phenoxy) is 1. The summed E-state index contributed by atoms with van der Waals surface area (Å²) in [6, 6.07) is 17.6. The first-order chi connectivity index (χ1) is 22.8. The molecule has 3 heterocycles. The molecule has 0 aliphatic carbocycles. The van der Waals surface area contributed by atoms with E-state index in [1.165, 1.54) is 93.9 Å². The van der Waals surface area contributed by atoms with Crippen molar-refractivity contribution in [2.75, 3.05) is 36.2 Å². The quantitative estimate of drug-likeness (QED) is 0.263. The smallest absolute Gasteiger partial charge is 0.298 e. The van der Waals surface area contributed by atoms with Gasteiger partial charge in [-0.25, -0.2) is 8.42 Å². The fraction of sp³-hybridized carbons (Fsp3) is 0.294. The number of fused-ring (bicyclic) bond motifs is 3. The largest absolute Gasteiger partial charge is 0.495 e. The molecule has 1 fully saturated rings. The van der Waals surface area contributed by atoms with E-state index in [0.29, 0.717) is 5.75 Å². The normalized spacial score (nSPS) is 17.9. The molecule has 2 aliphatic rings. The van der Waals surface area contributed by atoms with Crippen LogP contribution in [0.2, 0.25) is 0 Å². The number of anilines is 2. The molecule has 14 heteroatoms. The van der Waals surface area contributed by atoms with Crippen molar-refractivity contribution in [2.24, 2.45) is 5.92 Å². The fourth-order valence-electron chi connectivity index (χ4n) is 6.25. The van der Waals surface area contributed by atoms with Gasteiger partial charge in [-0.1, -0.05) is 56.3 Å². The van der Waals surface area contributed by atoms with Crippen molar-refractivity contribution in [3.05, 3.63) is 107 Å². The highest BCUT2D eigenvalue weighted by molar-refractivity contribution is 7.89. The number of sulfonamides is 1. The molecular formula is C34H32F2N6O5S. The zero-order chi connectivity index (χ0) is 34.4. The third-order valence-electron chi connectivity index (χ3n) is 8.50. The Labute approximate surface area is 276 Å². The van der Waals surface area contributed by atoms with Crippen molar-refractivity contribution in [3.63, 3.8) is 0 Å². The highest BCUT2D eigenvalue weighted by Crippen LogP contribution is 2.41. The second-order valence-corrected chi connectivity index (χ2v) is 14.1. The average Bonchev–Trinajstić information content (AvgIpc) is 3.70. The number of nitrogens with one attached hydrogen (secondary N) is 1. The number of halogens is 2. The van der Waals surface area contributed by atoms with Crippen LogP contribution in [-0.4, -0.2) is 66.3 Å². The molecule has 48 heavy (non-hydrogen) atoms. The van der Waals surface area contributed by atoms with E-state index in [2.05, 4.69) is 10.4 Å². The van der Waals surface area contributed by atoms with Crippen LogP contribution in [0.1, 0.15) is 57.4 Å². The second kappa shape index (κ2) is 12.5. The maximum absolute atomic E-state index is 15.4. The molecule has 6 rings (SSSR count). The van der Waals surface area contributed by atoms with Crippen molar-refractivity contribution < 1.29 is 31.5 Å². The summed E-state index contributed by atoms with van der Waals surface area (Å²) in [6.07, 6.45) is 1.31. The van der Waals surface area contributed by atoms with Gasteiger partial charge in [0.15, 0.2) is 5.69 Å². The van der Waals surface area contributed by atoms with Gasteiger partial charge in [0, 0.05) is 35.5 Å². The third-order valence-corrected chi connectivity index (χ3v) is 10.7. The molecule has 0 radical (unpaired) electrons. The number of amides is 2. The maximum atomic E-state index is 15.4. The van der Waals surface area contributed by atoms with Gasteiger partial charge in [-0.05, 0) is 36.2 Å². The Morgan fingerprint density at radius 1 is 1.06 bits per heavy atom. The van der Waals surface area contributed by atoms with Crippen molar-refractivity contribution in [2.45, 2.75) is 31.9 Å². The van der Waals surface area contributed by atoms with Gasteiger partial charge in [-0.3, -0.25) is 14.3 Å². The lowest BCUT2D eigenvalue weighted by Gasteiger charge is -2.37. The molecule has 0 bridgehead atoms. The molecule has 2 atom stereocenters. The average molecular weight is 675 g/mol. The van der Waals surface area contributed by atoms with Crippen molar-refractivity contribution in [1.29, 1.82) is 5.26 Å². The topological polar surface area (TPSA) is 138 Å². The number of rotatable bonds is 9. The van der Waals surface area contributed by atoms with Crippen LogP contribution in [0.25, 0.3) is 0 Å². The van der Waals surface area contributed by atoms with E-state index in [0.717, 1.165) is 0 Å². The Hall–Kier alpha value is -5.13. The number of hydrogen-bond donors (Lipinski definition) is 1. The van der Waals surface area contributed by atoms with Gasteiger partial charge in [0.2, 0.25) is 10.0 Å². The number of methoxy groups -OCH3 is 1. The number of aromatic nitrogens is 2. The molecule has 0 unspecified atom stereocenters. The highest BCUT2D eigenvalue weighted by atomic mass is 32.2. The summed E-state index contributed by atoms with van der Waals surface area (Å²) >= 11 is 0. The predicted octanol–water partition coefficient (Wildman–Crippen LogP) is 5.03. The number of carbonyl (C=O) groups excluding carboxylic acids is 2. The molecule has 248 valence electrons. The Kier molecular flexibility index (Phi) is 8.52. The Balaban J connectivity index is 1.38. The van der Waals surface area contributed by atoms with Gasteiger partial charge in [-0.2, -0.15) is 23.4 Å². The minimum absolute atomic E-state index is 0.000387. The Bertz CT molecular complexity index is 2030. The molecular weight excluding hydrogens is 642 g/mol. The van der Waals surface area contributed by atoms with Crippen LogP contribution in [0.15, 0.2) is 79.0 Å². The zero-order valence-electron chi connectivity index (χ0n) is 26.3. The minimum atomic E-state index is -3.71. The van der Waals surface area contributed by atoms with E-state index in [-0.39, 0.29) is 64.1 Å². The van der Waals surface area contributed by atoms with Gasteiger partial charge < -0.3 is 15.0 Å². The summed E-state index contributed by atoms with van der Waals surface area (Å²) in [5.41, 5.74) is 0.161. The summed E-state index contributed by atoms with van der Waals surface area (Å²) in [5, 5.41) is 16.6. The minimum Gasteiger partial charge on any atom is -0.495 e. The Morgan fingerprint density at radius 2 is 1.73 bits per heavy atom. The second-order valence-electron chi connectivity index (χ2n) is 12.1. The van der Waals surface area contributed by atoms with Gasteiger partial charge in [0.25, 0.3) is 17.7 Å². The fourth-order valence-corrected chi connectivity index (χ4v) is 8.06. The number of nitriles is 1. The van der Waals surface area contributed by atoms with Crippen LogP contribution < -0.4 is 15.0 Å². The summed E-state index contributed by atoms with van der Waals surface area (Å²) in [5.74, 6) is -4.46. The van der Waals surface area contributed by atoms with E-state index in [1.807, 2.05) is 6.07 Å². The molecule has 11 nitrogen and oxygen atoms in total. The third kappa shape index (κ3) is 5.80. The van der Waals surface area contributed by atoms with E-state index in [1.54, 1.807) is 19.9 Å². The van der Waals surface area contributed by atoms with Crippen LogP contribution in [-0.2, 0) is 15.9 Å². The lowest BCUT2D eigenvalue weighted by Crippen LogP contribution is -2.51.